The molecule has 0 radical (unpaired) electrons. The van der Waals surface area contributed by atoms with E-state index in [2.05, 4.69) is 27.4 Å². The highest BCUT2D eigenvalue weighted by Crippen LogP contribution is 2.20. The number of hydrogen-bond acceptors (Lipinski definition) is 4. The molecule has 4 rings (SSSR count). The van der Waals surface area contributed by atoms with E-state index in [4.69, 9.17) is 4.98 Å². The molecule has 2 aromatic carbocycles. The fraction of sp³-hybridized carbons (Fsp3) is 0.304. The van der Waals surface area contributed by atoms with Crippen molar-refractivity contribution in [1.29, 1.82) is 0 Å². The number of imidazole rings is 1. The van der Waals surface area contributed by atoms with Crippen LogP contribution in [0.5, 0.6) is 0 Å². The van der Waals surface area contributed by atoms with Crippen LogP contribution in [0.25, 0.3) is 11.0 Å². The number of benzene rings is 2. The summed E-state index contributed by atoms with van der Waals surface area (Å²) in [6, 6.07) is 15.7. The number of aromatic nitrogens is 4. The number of para-hydroxylation sites is 2. The number of nitrogens with zero attached hydrogens (tertiary/aromatic N) is 4. The molecule has 0 fully saturated rings. The minimum atomic E-state index is -3.67. The van der Waals surface area contributed by atoms with Gasteiger partial charge in [-0.3, -0.25) is 9.40 Å². The maximum atomic E-state index is 12.7. The molecule has 2 heterocycles. The highest BCUT2D eigenvalue weighted by Gasteiger charge is 2.17. The summed E-state index contributed by atoms with van der Waals surface area (Å²) in [5.74, 6) is 1.06. The zero-order valence-electron chi connectivity index (χ0n) is 17.8. The first-order chi connectivity index (χ1) is 15.0. The van der Waals surface area contributed by atoms with Gasteiger partial charge in [-0.15, -0.1) is 0 Å². The van der Waals surface area contributed by atoms with Gasteiger partial charge in [-0.2, -0.15) is 5.10 Å². The summed E-state index contributed by atoms with van der Waals surface area (Å²) in [4.78, 5) is 4.98. The van der Waals surface area contributed by atoms with Gasteiger partial charge in [0.25, 0.3) is 10.0 Å². The molecular weight excluding hydrogens is 410 g/mol. The number of sulfonamides is 1. The minimum absolute atomic E-state index is 0.160. The second-order valence-electron chi connectivity index (χ2n) is 7.51. The van der Waals surface area contributed by atoms with E-state index in [9.17, 15) is 8.42 Å². The van der Waals surface area contributed by atoms with Crippen LogP contribution in [-0.4, -0.2) is 27.7 Å². The Bertz CT molecular complexity index is 1290. The van der Waals surface area contributed by atoms with Crippen molar-refractivity contribution >= 4 is 26.7 Å². The van der Waals surface area contributed by atoms with E-state index < -0.39 is 10.0 Å². The summed E-state index contributed by atoms with van der Waals surface area (Å²) in [5.41, 5.74) is 3.77. The van der Waals surface area contributed by atoms with E-state index in [0.717, 1.165) is 48.2 Å². The Morgan fingerprint density at radius 1 is 1.03 bits per heavy atom. The monoisotopic (exact) mass is 437 g/mol. The average Bonchev–Trinajstić information content (AvgIpc) is 3.38. The SMILES string of the molecule is CCCn1c(CCc2cccc(NS(=O)(=O)c3cnn(CC)c3)c2)nc2ccccc21. The molecule has 0 saturated carbocycles. The van der Waals surface area contributed by atoms with Crippen molar-refractivity contribution in [1.82, 2.24) is 19.3 Å². The molecule has 2 aromatic heterocycles. The van der Waals surface area contributed by atoms with E-state index in [0.29, 0.717) is 12.2 Å². The van der Waals surface area contributed by atoms with Gasteiger partial charge in [0.15, 0.2) is 0 Å². The molecule has 7 nitrogen and oxygen atoms in total. The number of aryl methyl sites for hydroxylation is 4. The van der Waals surface area contributed by atoms with Crippen LogP contribution in [0, 0.1) is 0 Å². The first-order valence-corrected chi connectivity index (χ1v) is 12.1. The second kappa shape index (κ2) is 8.93. The topological polar surface area (TPSA) is 81.8 Å². The quantitative estimate of drug-likeness (QED) is 0.424. The molecule has 0 aliphatic rings. The molecule has 1 N–H and O–H groups in total. The normalized spacial score (nSPS) is 11.8. The molecule has 31 heavy (non-hydrogen) atoms. The first-order valence-electron chi connectivity index (χ1n) is 10.6. The smallest absolute Gasteiger partial charge is 0.265 e. The van der Waals surface area contributed by atoms with E-state index in [1.54, 1.807) is 10.7 Å². The lowest BCUT2D eigenvalue weighted by Crippen LogP contribution is -2.12. The minimum Gasteiger partial charge on any atom is -0.328 e. The summed E-state index contributed by atoms with van der Waals surface area (Å²) in [6.07, 6.45) is 5.50. The molecule has 162 valence electrons. The van der Waals surface area contributed by atoms with Crippen LogP contribution in [0.4, 0.5) is 5.69 Å². The molecule has 0 amide bonds. The summed E-state index contributed by atoms with van der Waals surface area (Å²) >= 11 is 0. The Hall–Kier alpha value is -3.13. The van der Waals surface area contributed by atoms with Crippen LogP contribution in [0.2, 0.25) is 0 Å². The van der Waals surface area contributed by atoms with Crippen molar-refractivity contribution in [3.8, 4) is 0 Å². The predicted octanol–water partition coefficient (Wildman–Crippen LogP) is 4.25. The molecule has 0 saturated heterocycles. The number of fused-ring (bicyclic) bond motifs is 1. The van der Waals surface area contributed by atoms with Gasteiger partial charge in [0.1, 0.15) is 10.7 Å². The fourth-order valence-corrected chi connectivity index (χ4v) is 4.71. The Morgan fingerprint density at radius 3 is 2.65 bits per heavy atom. The zero-order chi connectivity index (χ0) is 21.8. The molecular formula is C23H27N5O2S. The predicted molar refractivity (Wildman–Crippen MR) is 123 cm³/mol. The van der Waals surface area contributed by atoms with Gasteiger partial charge in [0.05, 0.1) is 17.2 Å². The van der Waals surface area contributed by atoms with Crippen molar-refractivity contribution in [3.05, 3.63) is 72.3 Å². The lowest BCUT2D eigenvalue weighted by molar-refractivity contribution is 0.600. The van der Waals surface area contributed by atoms with Gasteiger partial charge in [0, 0.05) is 31.4 Å². The van der Waals surface area contributed by atoms with Gasteiger partial charge in [0.2, 0.25) is 0 Å². The lowest BCUT2D eigenvalue weighted by atomic mass is 10.1. The van der Waals surface area contributed by atoms with E-state index in [1.807, 2.05) is 43.3 Å². The maximum Gasteiger partial charge on any atom is 0.265 e. The molecule has 8 heteroatoms. The summed E-state index contributed by atoms with van der Waals surface area (Å²) in [7, 11) is -3.67. The Morgan fingerprint density at radius 2 is 1.87 bits per heavy atom. The number of anilines is 1. The number of rotatable bonds is 9. The Kier molecular flexibility index (Phi) is 6.08. The Labute approximate surface area is 182 Å². The van der Waals surface area contributed by atoms with Crippen molar-refractivity contribution in [2.24, 2.45) is 0 Å². The molecule has 0 atom stereocenters. The highest BCUT2D eigenvalue weighted by molar-refractivity contribution is 7.92. The number of nitrogens with one attached hydrogen (secondary N) is 1. The van der Waals surface area contributed by atoms with Gasteiger partial charge < -0.3 is 4.57 Å². The van der Waals surface area contributed by atoms with Crippen molar-refractivity contribution < 1.29 is 8.42 Å². The third-order valence-electron chi connectivity index (χ3n) is 5.24. The second-order valence-corrected chi connectivity index (χ2v) is 9.19. The van der Waals surface area contributed by atoms with E-state index in [-0.39, 0.29) is 4.90 Å². The molecule has 0 spiro atoms. The summed E-state index contributed by atoms with van der Waals surface area (Å²) < 4.78 is 31.9. The molecule has 0 aliphatic heterocycles. The lowest BCUT2D eigenvalue weighted by Gasteiger charge is -2.10. The van der Waals surface area contributed by atoms with Crippen molar-refractivity contribution in [2.75, 3.05) is 4.72 Å². The van der Waals surface area contributed by atoms with Crippen LogP contribution in [0.1, 0.15) is 31.7 Å². The standard InChI is InChI=1S/C23H27N5O2S/c1-3-14-28-22-11-6-5-10-21(22)25-23(28)13-12-18-8-7-9-19(15-18)26-31(29,30)20-16-24-27(4-2)17-20/h5-11,15-17,26H,3-4,12-14H2,1-2H3. The van der Waals surface area contributed by atoms with Crippen LogP contribution in [0.3, 0.4) is 0 Å². The van der Waals surface area contributed by atoms with E-state index in [1.165, 1.54) is 12.4 Å². The molecule has 4 aromatic rings. The Balaban J connectivity index is 1.50. The maximum absolute atomic E-state index is 12.7. The fourth-order valence-electron chi connectivity index (χ4n) is 3.71. The number of hydrogen-bond donors (Lipinski definition) is 1. The molecule has 0 aliphatic carbocycles. The van der Waals surface area contributed by atoms with Crippen LogP contribution in [0.15, 0.2) is 65.8 Å². The van der Waals surface area contributed by atoms with Crippen molar-refractivity contribution in [2.45, 2.75) is 51.1 Å². The summed E-state index contributed by atoms with van der Waals surface area (Å²) in [6.45, 7) is 5.63. The highest BCUT2D eigenvalue weighted by atomic mass is 32.2. The largest absolute Gasteiger partial charge is 0.328 e. The average molecular weight is 438 g/mol. The van der Waals surface area contributed by atoms with Gasteiger partial charge in [-0.25, -0.2) is 13.4 Å². The van der Waals surface area contributed by atoms with Gasteiger partial charge in [-0.05, 0) is 49.6 Å². The third kappa shape index (κ3) is 4.64. The van der Waals surface area contributed by atoms with Crippen LogP contribution in [-0.2, 0) is 36.0 Å². The third-order valence-corrected chi connectivity index (χ3v) is 6.58. The van der Waals surface area contributed by atoms with Gasteiger partial charge in [-0.1, -0.05) is 31.2 Å². The van der Waals surface area contributed by atoms with Crippen molar-refractivity contribution in [3.63, 3.8) is 0 Å². The zero-order valence-corrected chi connectivity index (χ0v) is 18.6. The van der Waals surface area contributed by atoms with Crippen LogP contribution < -0.4 is 4.72 Å². The molecule has 0 bridgehead atoms. The van der Waals surface area contributed by atoms with Gasteiger partial charge >= 0.3 is 0 Å². The molecule has 0 unspecified atom stereocenters. The summed E-state index contributed by atoms with van der Waals surface area (Å²) in [5, 5.41) is 4.05. The van der Waals surface area contributed by atoms with Crippen LogP contribution >= 0.6 is 0 Å². The first kappa shape index (κ1) is 21.1. The van der Waals surface area contributed by atoms with E-state index >= 15 is 0 Å².